The zero-order valence-electron chi connectivity index (χ0n) is 13.0. The molecule has 0 bridgehead atoms. The lowest BCUT2D eigenvalue weighted by Crippen LogP contribution is -2.34. The molecule has 0 saturated carbocycles. The number of ether oxygens (including phenoxy) is 2. The first-order chi connectivity index (χ1) is 9.41. The second-order valence-corrected chi connectivity index (χ2v) is 6.49. The molecule has 0 fully saturated rings. The van der Waals surface area contributed by atoms with Gasteiger partial charge in [0.1, 0.15) is 17.1 Å². The zero-order chi connectivity index (χ0) is 14.8. The number of hydrogen-bond donors (Lipinski definition) is 1. The van der Waals surface area contributed by atoms with Crippen molar-refractivity contribution in [3.05, 3.63) is 23.8 Å². The molecule has 1 aliphatic heterocycles. The highest BCUT2D eigenvalue weighted by Gasteiger charge is 2.32. The van der Waals surface area contributed by atoms with Crippen LogP contribution in [0.1, 0.15) is 58.6 Å². The van der Waals surface area contributed by atoms with Crippen molar-refractivity contribution < 1.29 is 14.6 Å². The Morgan fingerprint density at radius 2 is 2.20 bits per heavy atom. The summed E-state index contributed by atoms with van der Waals surface area (Å²) in [6.07, 6.45) is 2.51. The van der Waals surface area contributed by atoms with E-state index < -0.39 is 6.10 Å². The highest BCUT2D eigenvalue weighted by atomic mass is 16.5. The van der Waals surface area contributed by atoms with Gasteiger partial charge in [-0.25, -0.2) is 0 Å². The Balaban J connectivity index is 2.07. The van der Waals surface area contributed by atoms with E-state index in [0.29, 0.717) is 12.3 Å². The van der Waals surface area contributed by atoms with E-state index >= 15 is 0 Å². The van der Waals surface area contributed by atoms with Crippen molar-refractivity contribution in [3.63, 3.8) is 0 Å². The lowest BCUT2D eigenvalue weighted by molar-refractivity contribution is 0.0113. The molecular weight excluding hydrogens is 252 g/mol. The lowest BCUT2D eigenvalue weighted by atomic mass is 9.92. The summed E-state index contributed by atoms with van der Waals surface area (Å²) in [5, 5.41) is 10.2. The van der Waals surface area contributed by atoms with Crippen LogP contribution in [0.2, 0.25) is 0 Å². The van der Waals surface area contributed by atoms with E-state index in [1.165, 1.54) is 12.8 Å². The number of rotatable bonds is 5. The number of fused-ring (bicyclic) bond motifs is 1. The van der Waals surface area contributed by atoms with E-state index in [0.717, 1.165) is 23.7 Å². The van der Waals surface area contributed by atoms with Crippen LogP contribution in [-0.2, 0) is 0 Å². The Bertz CT molecular complexity index is 454. The van der Waals surface area contributed by atoms with Crippen molar-refractivity contribution in [2.45, 2.75) is 58.7 Å². The van der Waals surface area contributed by atoms with Gasteiger partial charge in [0.15, 0.2) is 0 Å². The van der Waals surface area contributed by atoms with E-state index in [-0.39, 0.29) is 5.60 Å². The number of hydrogen-bond acceptors (Lipinski definition) is 3. The fourth-order valence-corrected chi connectivity index (χ4v) is 2.70. The maximum absolute atomic E-state index is 10.2. The van der Waals surface area contributed by atoms with Crippen molar-refractivity contribution in [2.24, 2.45) is 5.92 Å². The molecule has 20 heavy (non-hydrogen) atoms. The molecule has 0 amide bonds. The molecule has 0 radical (unpaired) electrons. The van der Waals surface area contributed by atoms with Gasteiger partial charge in [-0.05, 0) is 38.3 Å². The van der Waals surface area contributed by atoms with Crippen molar-refractivity contribution in [3.8, 4) is 11.5 Å². The van der Waals surface area contributed by atoms with Crippen LogP contribution in [0.25, 0.3) is 0 Å². The second-order valence-electron chi connectivity index (χ2n) is 6.49. The minimum Gasteiger partial charge on any atom is -0.493 e. The standard InChI is InChI=1S/C17H26O3/c1-5-6-12(2)11-19-13-7-8-14-15(18)10-17(3,4)20-16(14)9-13/h7-9,12,15,18H,5-6,10-11H2,1-4H3. The first kappa shape index (κ1) is 15.2. The van der Waals surface area contributed by atoms with Crippen molar-refractivity contribution in [1.29, 1.82) is 0 Å². The van der Waals surface area contributed by atoms with E-state index in [9.17, 15) is 5.11 Å². The third-order valence-electron chi connectivity index (χ3n) is 3.73. The number of benzene rings is 1. The summed E-state index contributed by atoms with van der Waals surface area (Å²) in [5.74, 6) is 2.12. The molecule has 3 nitrogen and oxygen atoms in total. The van der Waals surface area contributed by atoms with Crippen LogP contribution < -0.4 is 9.47 Å². The van der Waals surface area contributed by atoms with Crippen molar-refractivity contribution in [1.82, 2.24) is 0 Å². The Hall–Kier alpha value is -1.22. The minimum absolute atomic E-state index is 0.333. The average molecular weight is 278 g/mol. The van der Waals surface area contributed by atoms with E-state index in [2.05, 4.69) is 13.8 Å². The summed E-state index contributed by atoms with van der Waals surface area (Å²) in [7, 11) is 0. The molecule has 0 saturated heterocycles. The van der Waals surface area contributed by atoms with Crippen LogP contribution in [0.3, 0.4) is 0 Å². The van der Waals surface area contributed by atoms with Gasteiger partial charge in [0, 0.05) is 18.1 Å². The number of aliphatic hydroxyl groups is 1. The quantitative estimate of drug-likeness (QED) is 0.881. The van der Waals surface area contributed by atoms with E-state index in [4.69, 9.17) is 9.47 Å². The fourth-order valence-electron chi connectivity index (χ4n) is 2.70. The number of aliphatic hydroxyl groups excluding tert-OH is 1. The fraction of sp³-hybridized carbons (Fsp3) is 0.647. The molecule has 1 aliphatic rings. The molecule has 2 unspecified atom stereocenters. The Morgan fingerprint density at radius 1 is 1.45 bits per heavy atom. The molecule has 0 spiro atoms. The highest BCUT2D eigenvalue weighted by molar-refractivity contribution is 5.43. The molecule has 0 aliphatic carbocycles. The molecule has 1 heterocycles. The smallest absolute Gasteiger partial charge is 0.129 e. The first-order valence-corrected chi connectivity index (χ1v) is 7.55. The van der Waals surface area contributed by atoms with Crippen LogP contribution >= 0.6 is 0 Å². The topological polar surface area (TPSA) is 38.7 Å². The van der Waals surface area contributed by atoms with Gasteiger partial charge < -0.3 is 14.6 Å². The largest absolute Gasteiger partial charge is 0.493 e. The minimum atomic E-state index is -0.457. The predicted octanol–water partition coefficient (Wildman–Crippen LogP) is 4.10. The van der Waals surface area contributed by atoms with Gasteiger partial charge in [0.25, 0.3) is 0 Å². The highest BCUT2D eigenvalue weighted by Crippen LogP contribution is 2.41. The zero-order valence-corrected chi connectivity index (χ0v) is 13.0. The van der Waals surface area contributed by atoms with Crippen LogP contribution in [0.4, 0.5) is 0 Å². The Labute approximate surface area is 121 Å². The SMILES string of the molecule is CCCC(C)COc1ccc2c(c1)OC(C)(C)CC2O. The maximum Gasteiger partial charge on any atom is 0.129 e. The molecule has 3 heteroatoms. The summed E-state index contributed by atoms with van der Waals surface area (Å²) in [4.78, 5) is 0. The predicted molar refractivity (Wildman–Crippen MR) is 80.3 cm³/mol. The normalized spacial score (nSPS) is 21.8. The molecule has 1 aromatic carbocycles. The van der Waals surface area contributed by atoms with Gasteiger partial charge in [-0.1, -0.05) is 20.3 Å². The molecule has 2 atom stereocenters. The summed E-state index contributed by atoms with van der Waals surface area (Å²) in [6, 6.07) is 5.73. The molecule has 1 aromatic rings. The first-order valence-electron chi connectivity index (χ1n) is 7.55. The lowest BCUT2D eigenvalue weighted by Gasteiger charge is -2.35. The monoisotopic (exact) mass is 278 g/mol. The molecule has 0 aromatic heterocycles. The summed E-state index contributed by atoms with van der Waals surface area (Å²) >= 11 is 0. The Kier molecular flexibility index (Phi) is 4.59. The van der Waals surface area contributed by atoms with Crippen LogP contribution in [-0.4, -0.2) is 17.3 Å². The Morgan fingerprint density at radius 3 is 2.90 bits per heavy atom. The van der Waals surface area contributed by atoms with Crippen LogP contribution in [0.5, 0.6) is 11.5 Å². The van der Waals surface area contributed by atoms with E-state index in [1.807, 2.05) is 32.0 Å². The summed E-state index contributed by atoms with van der Waals surface area (Å²) in [6.45, 7) is 9.10. The molecule has 2 rings (SSSR count). The summed E-state index contributed by atoms with van der Waals surface area (Å²) < 4.78 is 11.8. The summed E-state index contributed by atoms with van der Waals surface area (Å²) in [5.41, 5.74) is 0.527. The third-order valence-corrected chi connectivity index (χ3v) is 3.73. The molecule has 112 valence electrons. The van der Waals surface area contributed by atoms with Crippen LogP contribution in [0.15, 0.2) is 18.2 Å². The molecule has 1 N–H and O–H groups in total. The van der Waals surface area contributed by atoms with Gasteiger partial charge in [-0.3, -0.25) is 0 Å². The van der Waals surface area contributed by atoms with Crippen molar-refractivity contribution in [2.75, 3.05) is 6.61 Å². The van der Waals surface area contributed by atoms with Gasteiger partial charge in [-0.15, -0.1) is 0 Å². The van der Waals surface area contributed by atoms with Gasteiger partial charge >= 0.3 is 0 Å². The van der Waals surface area contributed by atoms with E-state index in [1.54, 1.807) is 0 Å². The van der Waals surface area contributed by atoms with Crippen molar-refractivity contribution >= 4 is 0 Å². The van der Waals surface area contributed by atoms with Gasteiger partial charge in [-0.2, -0.15) is 0 Å². The maximum atomic E-state index is 10.2. The molecular formula is C17H26O3. The van der Waals surface area contributed by atoms with Gasteiger partial charge in [0.2, 0.25) is 0 Å². The van der Waals surface area contributed by atoms with Gasteiger partial charge in [0.05, 0.1) is 12.7 Å². The third kappa shape index (κ3) is 3.66. The van der Waals surface area contributed by atoms with Crippen LogP contribution in [0, 0.1) is 5.92 Å². The average Bonchev–Trinajstić information content (AvgIpc) is 2.34. The second kappa shape index (κ2) is 6.04.